The van der Waals surface area contributed by atoms with Crippen molar-refractivity contribution in [3.8, 4) is 11.5 Å². The highest BCUT2D eigenvalue weighted by Gasteiger charge is 2.45. The normalized spacial score (nSPS) is 25.6. The van der Waals surface area contributed by atoms with Crippen molar-refractivity contribution in [1.82, 2.24) is 10.3 Å². The highest BCUT2D eigenvalue weighted by Crippen LogP contribution is 2.50. The third-order valence-electron chi connectivity index (χ3n) is 7.02. The maximum atomic E-state index is 5.82. The molecule has 3 aromatic rings. The first-order valence-electron chi connectivity index (χ1n) is 10.7. The van der Waals surface area contributed by atoms with Gasteiger partial charge in [-0.3, -0.25) is 0 Å². The van der Waals surface area contributed by atoms with E-state index in [1.165, 1.54) is 53.4 Å². The van der Waals surface area contributed by atoms with Crippen molar-refractivity contribution >= 4 is 10.9 Å². The van der Waals surface area contributed by atoms with Crippen LogP contribution in [0.15, 0.2) is 42.5 Å². The number of halogens is 1. The summed E-state index contributed by atoms with van der Waals surface area (Å²) < 4.78 is 11.4. The SMILES string of the molecule is COc1cccc(C2CNC3(CCCC(C)C3)c3[nH]c4ccccc4c32)c1OC.[Cl-]. The number of para-hydroxylation sites is 2. The van der Waals surface area contributed by atoms with Crippen LogP contribution in [0.25, 0.3) is 10.9 Å². The molecule has 1 aliphatic carbocycles. The minimum atomic E-state index is 0. The average Bonchev–Trinajstić information content (AvgIpc) is 3.15. The summed E-state index contributed by atoms with van der Waals surface area (Å²) in [6.07, 6.45) is 4.98. The van der Waals surface area contributed by atoms with Crippen molar-refractivity contribution in [2.75, 3.05) is 20.8 Å². The number of rotatable bonds is 3. The number of hydrogen-bond acceptors (Lipinski definition) is 3. The Labute approximate surface area is 184 Å². The van der Waals surface area contributed by atoms with Crippen molar-refractivity contribution < 1.29 is 21.9 Å². The molecule has 1 fully saturated rings. The molecule has 2 aliphatic rings. The largest absolute Gasteiger partial charge is 1.00 e. The maximum Gasteiger partial charge on any atom is 0.164 e. The fourth-order valence-electron chi connectivity index (χ4n) is 5.78. The summed E-state index contributed by atoms with van der Waals surface area (Å²) in [6.45, 7) is 3.30. The molecule has 0 radical (unpaired) electrons. The number of H-pyrrole nitrogens is 1. The van der Waals surface area contributed by atoms with E-state index < -0.39 is 0 Å². The van der Waals surface area contributed by atoms with Crippen molar-refractivity contribution in [1.29, 1.82) is 0 Å². The van der Waals surface area contributed by atoms with Gasteiger partial charge in [0.15, 0.2) is 11.5 Å². The molecule has 2 N–H and O–H groups in total. The first-order valence-corrected chi connectivity index (χ1v) is 10.7. The number of ether oxygens (including phenoxy) is 2. The van der Waals surface area contributed by atoms with Crippen LogP contribution >= 0.6 is 0 Å². The molecule has 3 unspecified atom stereocenters. The summed E-state index contributed by atoms with van der Waals surface area (Å²) in [5, 5.41) is 5.32. The van der Waals surface area contributed by atoms with Gasteiger partial charge in [0.25, 0.3) is 0 Å². The molecule has 0 bridgehead atoms. The lowest BCUT2D eigenvalue weighted by atomic mass is 9.69. The molecular formula is C25H30ClN2O2-. The number of aromatic nitrogens is 1. The molecule has 4 nitrogen and oxygen atoms in total. The Kier molecular flexibility index (Phi) is 5.73. The second-order valence-electron chi connectivity index (χ2n) is 8.76. The van der Waals surface area contributed by atoms with E-state index in [0.717, 1.165) is 24.0 Å². The van der Waals surface area contributed by atoms with Gasteiger partial charge < -0.3 is 32.2 Å². The minimum absolute atomic E-state index is 0. The summed E-state index contributed by atoms with van der Waals surface area (Å²) in [5.41, 5.74) is 5.27. The lowest BCUT2D eigenvalue weighted by Gasteiger charge is -2.46. The molecule has 0 amide bonds. The first-order chi connectivity index (χ1) is 14.2. The van der Waals surface area contributed by atoms with E-state index >= 15 is 0 Å². The van der Waals surface area contributed by atoms with Gasteiger partial charge in [0, 0.05) is 34.6 Å². The molecule has 0 saturated heterocycles. The molecule has 2 heterocycles. The van der Waals surface area contributed by atoms with Crippen LogP contribution in [0.1, 0.15) is 55.3 Å². The van der Waals surface area contributed by atoms with Crippen LogP contribution in [-0.2, 0) is 5.54 Å². The maximum absolute atomic E-state index is 5.82. The molecule has 30 heavy (non-hydrogen) atoms. The van der Waals surface area contributed by atoms with Crippen molar-refractivity contribution in [3.63, 3.8) is 0 Å². The summed E-state index contributed by atoms with van der Waals surface area (Å²) in [5.74, 6) is 2.58. The van der Waals surface area contributed by atoms with Crippen LogP contribution in [0.5, 0.6) is 11.5 Å². The molecule has 1 aromatic heterocycles. The number of aromatic amines is 1. The van der Waals surface area contributed by atoms with E-state index in [9.17, 15) is 0 Å². The zero-order valence-electron chi connectivity index (χ0n) is 17.9. The Morgan fingerprint density at radius 2 is 1.87 bits per heavy atom. The Hall–Kier alpha value is -2.17. The fourth-order valence-corrected chi connectivity index (χ4v) is 5.78. The second-order valence-corrected chi connectivity index (χ2v) is 8.76. The third-order valence-corrected chi connectivity index (χ3v) is 7.02. The van der Waals surface area contributed by atoms with Crippen LogP contribution < -0.4 is 27.2 Å². The number of benzene rings is 2. The summed E-state index contributed by atoms with van der Waals surface area (Å²) >= 11 is 0. The monoisotopic (exact) mass is 425 g/mol. The van der Waals surface area contributed by atoms with Crippen LogP contribution in [-0.4, -0.2) is 25.7 Å². The van der Waals surface area contributed by atoms with Gasteiger partial charge >= 0.3 is 0 Å². The molecule has 160 valence electrons. The molecule has 2 aromatic carbocycles. The lowest BCUT2D eigenvalue weighted by Crippen LogP contribution is -3.00. The van der Waals surface area contributed by atoms with E-state index in [0.29, 0.717) is 0 Å². The van der Waals surface area contributed by atoms with E-state index in [1.54, 1.807) is 14.2 Å². The highest BCUT2D eigenvalue weighted by molar-refractivity contribution is 5.87. The van der Waals surface area contributed by atoms with Gasteiger partial charge in [0.1, 0.15) is 0 Å². The summed E-state index contributed by atoms with van der Waals surface area (Å²) in [6, 6.07) is 14.9. The molecule has 5 heteroatoms. The van der Waals surface area contributed by atoms with Crippen molar-refractivity contribution in [2.24, 2.45) is 5.92 Å². The smallest absolute Gasteiger partial charge is 0.164 e. The Morgan fingerprint density at radius 1 is 1.03 bits per heavy atom. The van der Waals surface area contributed by atoms with Gasteiger partial charge in [-0.15, -0.1) is 0 Å². The quantitative estimate of drug-likeness (QED) is 0.677. The molecule has 5 rings (SSSR count). The first kappa shape index (κ1) is 21.1. The van der Waals surface area contributed by atoms with E-state index in [1.807, 2.05) is 6.07 Å². The second kappa shape index (κ2) is 8.16. The van der Waals surface area contributed by atoms with Gasteiger partial charge in [0.05, 0.1) is 19.8 Å². The van der Waals surface area contributed by atoms with Gasteiger partial charge in [-0.1, -0.05) is 50.1 Å². The van der Waals surface area contributed by atoms with E-state index in [4.69, 9.17) is 9.47 Å². The fraction of sp³-hybridized carbons (Fsp3) is 0.440. The van der Waals surface area contributed by atoms with E-state index in [2.05, 4.69) is 53.6 Å². The highest BCUT2D eigenvalue weighted by atomic mass is 35.5. The van der Waals surface area contributed by atoms with Crippen molar-refractivity contribution in [2.45, 2.75) is 44.1 Å². The predicted octanol–water partition coefficient (Wildman–Crippen LogP) is 2.33. The van der Waals surface area contributed by atoms with Gasteiger partial charge in [-0.25, -0.2) is 0 Å². The lowest BCUT2D eigenvalue weighted by molar-refractivity contribution is -0.00000690. The molecule has 1 spiro atoms. The number of nitrogens with one attached hydrogen (secondary N) is 2. The van der Waals surface area contributed by atoms with Crippen LogP contribution in [0.2, 0.25) is 0 Å². The summed E-state index contributed by atoms with van der Waals surface area (Å²) in [7, 11) is 3.44. The standard InChI is InChI=1S/C25H30N2O2.ClH/c1-16-8-7-13-25(14-16)24-22(18-9-4-5-11-20(18)27-24)19(15-26-25)17-10-6-12-21(28-2)23(17)29-3;/h4-6,9-12,16,19,26-27H,7-8,13-15H2,1-3H3;1H/p-1. The molecular weight excluding hydrogens is 396 g/mol. The topological polar surface area (TPSA) is 46.3 Å². The Morgan fingerprint density at radius 3 is 2.63 bits per heavy atom. The Balaban J connectivity index is 0.00000218. The van der Waals surface area contributed by atoms with Crippen LogP contribution in [0, 0.1) is 5.92 Å². The predicted molar refractivity (Wildman–Crippen MR) is 117 cm³/mol. The van der Waals surface area contributed by atoms with Gasteiger partial charge in [-0.05, 0) is 36.5 Å². The van der Waals surface area contributed by atoms with E-state index in [-0.39, 0.29) is 23.9 Å². The summed E-state index contributed by atoms with van der Waals surface area (Å²) in [4.78, 5) is 3.83. The zero-order valence-corrected chi connectivity index (χ0v) is 18.7. The number of hydrogen-bond donors (Lipinski definition) is 2. The Bertz CT molecular complexity index is 1050. The van der Waals surface area contributed by atoms with Crippen LogP contribution in [0.4, 0.5) is 0 Å². The third kappa shape index (κ3) is 3.17. The van der Waals surface area contributed by atoms with Crippen LogP contribution in [0.3, 0.4) is 0 Å². The molecule has 1 saturated carbocycles. The van der Waals surface area contributed by atoms with Gasteiger partial charge in [-0.2, -0.15) is 0 Å². The zero-order chi connectivity index (χ0) is 20.0. The number of fused-ring (bicyclic) bond motifs is 4. The minimum Gasteiger partial charge on any atom is -1.00 e. The number of methoxy groups -OCH3 is 2. The van der Waals surface area contributed by atoms with Crippen molar-refractivity contribution in [3.05, 3.63) is 59.3 Å². The average molecular weight is 426 g/mol. The molecule has 3 atom stereocenters. The van der Waals surface area contributed by atoms with Gasteiger partial charge in [0.2, 0.25) is 0 Å². The molecule has 1 aliphatic heterocycles.